The van der Waals surface area contributed by atoms with Crippen molar-refractivity contribution in [2.24, 2.45) is 0 Å². The number of hydrogen-bond acceptors (Lipinski definition) is 7. The fourth-order valence-corrected chi connectivity index (χ4v) is 3.90. The van der Waals surface area contributed by atoms with E-state index in [-0.39, 0.29) is 30.0 Å². The summed E-state index contributed by atoms with van der Waals surface area (Å²) in [6.07, 6.45) is 1.75. The van der Waals surface area contributed by atoms with Gasteiger partial charge in [0.05, 0.1) is 37.4 Å². The van der Waals surface area contributed by atoms with Gasteiger partial charge in [-0.2, -0.15) is 10.1 Å². The fraction of sp³-hybridized carbons (Fsp3) is 0.941. The molecule has 2 rings (SSSR count). The summed E-state index contributed by atoms with van der Waals surface area (Å²) in [6, 6.07) is -0.257. The highest BCUT2D eigenvalue weighted by Gasteiger charge is 2.43. The van der Waals surface area contributed by atoms with E-state index in [0.717, 1.165) is 39.0 Å². The van der Waals surface area contributed by atoms with Crippen LogP contribution in [0.5, 0.6) is 0 Å². The largest absolute Gasteiger partial charge is 0.305 e. The molecule has 0 aromatic heterocycles. The maximum Gasteiger partial charge on any atom is 0.169 e. The molecular weight excluding hydrogens is 308 g/mol. The molecule has 0 spiro atoms. The Balaban J connectivity index is 2.12. The minimum absolute atomic E-state index is 0.0768. The Labute approximate surface area is 145 Å². The van der Waals surface area contributed by atoms with Crippen molar-refractivity contribution in [2.45, 2.75) is 64.7 Å². The van der Waals surface area contributed by atoms with Crippen molar-refractivity contribution in [2.75, 3.05) is 39.4 Å². The van der Waals surface area contributed by atoms with Crippen molar-refractivity contribution < 1.29 is 14.5 Å². The first-order valence-corrected chi connectivity index (χ1v) is 9.47. The van der Waals surface area contributed by atoms with Gasteiger partial charge >= 0.3 is 0 Å². The summed E-state index contributed by atoms with van der Waals surface area (Å²) in [5.41, 5.74) is 0. The Morgan fingerprint density at radius 3 is 1.62 bits per heavy atom. The molecule has 0 aromatic rings. The van der Waals surface area contributed by atoms with E-state index in [4.69, 9.17) is 9.68 Å². The minimum atomic E-state index is -0.205. The van der Waals surface area contributed by atoms with E-state index in [2.05, 4.69) is 24.5 Å². The Morgan fingerprint density at radius 1 is 0.875 bits per heavy atom. The zero-order chi connectivity index (χ0) is 17.5. The standard InChI is InChI=1S/C17H34N4O3/c1-5-13-15(18-9-11-20(13)23-7-3)17(22)16-14(6-2)21(24-8-4)12-10-19-16/h13-16,18-19H,5-12H2,1-4H3. The van der Waals surface area contributed by atoms with Crippen LogP contribution in [0.25, 0.3) is 0 Å². The van der Waals surface area contributed by atoms with Crippen LogP contribution in [0.4, 0.5) is 0 Å². The van der Waals surface area contributed by atoms with Gasteiger partial charge in [0.2, 0.25) is 0 Å². The Kier molecular flexibility index (Phi) is 8.06. The van der Waals surface area contributed by atoms with Gasteiger partial charge in [0.15, 0.2) is 5.78 Å². The summed E-state index contributed by atoms with van der Waals surface area (Å²) in [5, 5.41) is 10.8. The third kappa shape index (κ3) is 4.33. The zero-order valence-corrected chi connectivity index (χ0v) is 15.6. The zero-order valence-electron chi connectivity index (χ0n) is 15.6. The van der Waals surface area contributed by atoms with E-state index >= 15 is 0 Å². The van der Waals surface area contributed by atoms with E-state index < -0.39 is 0 Å². The van der Waals surface area contributed by atoms with Crippen LogP contribution in [-0.2, 0) is 14.5 Å². The molecule has 4 atom stereocenters. The van der Waals surface area contributed by atoms with Crippen LogP contribution in [0.2, 0.25) is 0 Å². The van der Waals surface area contributed by atoms with Gasteiger partial charge in [-0.3, -0.25) is 14.5 Å². The van der Waals surface area contributed by atoms with Crippen LogP contribution in [-0.4, -0.2) is 79.5 Å². The number of hydrogen-bond donors (Lipinski definition) is 2. The van der Waals surface area contributed by atoms with Gasteiger partial charge in [0.25, 0.3) is 0 Å². The lowest BCUT2D eigenvalue weighted by Crippen LogP contribution is -2.68. The number of carbonyl (C=O) groups excluding carboxylic acids is 1. The first kappa shape index (κ1) is 19.8. The molecule has 2 saturated heterocycles. The summed E-state index contributed by atoms with van der Waals surface area (Å²) in [7, 11) is 0. The molecule has 2 aliphatic heterocycles. The monoisotopic (exact) mass is 342 g/mol. The summed E-state index contributed by atoms with van der Waals surface area (Å²) in [4.78, 5) is 24.8. The topological polar surface area (TPSA) is 66.1 Å². The van der Waals surface area contributed by atoms with Crippen LogP contribution >= 0.6 is 0 Å². The predicted molar refractivity (Wildman–Crippen MR) is 93.4 cm³/mol. The van der Waals surface area contributed by atoms with E-state index in [1.165, 1.54) is 0 Å². The molecule has 0 radical (unpaired) electrons. The van der Waals surface area contributed by atoms with Crippen molar-refractivity contribution in [3.05, 3.63) is 0 Å². The normalized spacial score (nSPS) is 32.8. The molecule has 2 heterocycles. The Morgan fingerprint density at radius 2 is 1.29 bits per heavy atom. The van der Waals surface area contributed by atoms with Crippen LogP contribution in [0, 0.1) is 0 Å². The molecule has 2 N–H and O–H groups in total. The lowest BCUT2D eigenvalue weighted by atomic mass is 9.89. The summed E-state index contributed by atoms with van der Waals surface area (Å²) in [5.74, 6) is 0.225. The average molecular weight is 342 g/mol. The molecule has 4 unspecified atom stereocenters. The van der Waals surface area contributed by atoms with Gasteiger partial charge in [-0.05, 0) is 26.7 Å². The number of rotatable bonds is 8. The van der Waals surface area contributed by atoms with Gasteiger partial charge in [0, 0.05) is 26.2 Å². The van der Waals surface area contributed by atoms with E-state index in [9.17, 15) is 4.79 Å². The number of piperazine rings is 2. The maximum atomic E-state index is 13.3. The number of hydroxylamine groups is 4. The molecule has 2 fully saturated rings. The SMILES string of the molecule is CCON1CCNC(C(=O)C2NCCN(OCC)C2CC)C1CC. The van der Waals surface area contributed by atoms with Gasteiger partial charge in [-0.1, -0.05) is 13.8 Å². The quantitative estimate of drug-likeness (QED) is 0.668. The summed E-state index contributed by atoms with van der Waals surface area (Å²) < 4.78 is 0. The lowest BCUT2D eigenvalue weighted by molar-refractivity contribution is -0.208. The van der Waals surface area contributed by atoms with Gasteiger partial charge in [-0.25, -0.2) is 0 Å². The molecule has 0 saturated carbocycles. The molecule has 0 aliphatic carbocycles. The van der Waals surface area contributed by atoms with Gasteiger partial charge < -0.3 is 10.6 Å². The van der Waals surface area contributed by atoms with Crippen LogP contribution in [0.3, 0.4) is 0 Å². The van der Waals surface area contributed by atoms with Gasteiger partial charge in [0.1, 0.15) is 0 Å². The fourth-order valence-electron chi connectivity index (χ4n) is 3.90. The molecule has 7 heteroatoms. The van der Waals surface area contributed by atoms with Crippen molar-refractivity contribution >= 4 is 5.78 Å². The van der Waals surface area contributed by atoms with Crippen LogP contribution in [0.1, 0.15) is 40.5 Å². The number of nitrogens with one attached hydrogen (secondary N) is 2. The van der Waals surface area contributed by atoms with E-state index in [0.29, 0.717) is 13.2 Å². The molecule has 0 amide bonds. The average Bonchev–Trinajstić information content (AvgIpc) is 2.61. The molecule has 0 bridgehead atoms. The molecule has 0 aromatic carbocycles. The van der Waals surface area contributed by atoms with Crippen molar-refractivity contribution in [3.63, 3.8) is 0 Å². The maximum absolute atomic E-state index is 13.3. The molecule has 140 valence electrons. The second kappa shape index (κ2) is 9.79. The number of ketones is 1. The highest BCUT2D eigenvalue weighted by Crippen LogP contribution is 2.21. The second-order valence-corrected chi connectivity index (χ2v) is 6.33. The molecule has 24 heavy (non-hydrogen) atoms. The van der Waals surface area contributed by atoms with E-state index in [1.54, 1.807) is 0 Å². The summed E-state index contributed by atoms with van der Waals surface area (Å²) in [6.45, 7) is 12.6. The van der Waals surface area contributed by atoms with Crippen molar-refractivity contribution in [1.82, 2.24) is 20.8 Å². The van der Waals surface area contributed by atoms with Crippen molar-refractivity contribution in [1.29, 1.82) is 0 Å². The number of carbonyl (C=O) groups is 1. The van der Waals surface area contributed by atoms with Crippen LogP contribution in [0.15, 0.2) is 0 Å². The van der Waals surface area contributed by atoms with E-state index in [1.807, 2.05) is 24.0 Å². The van der Waals surface area contributed by atoms with Gasteiger partial charge in [-0.15, -0.1) is 0 Å². The molecule has 2 aliphatic rings. The number of Topliss-reactive ketones (excluding diaryl/α,β-unsaturated/α-hetero) is 1. The Bertz CT molecular complexity index is 358. The summed E-state index contributed by atoms with van der Waals surface area (Å²) >= 11 is 0. The predicted octanol–water partition coefficient (Wildman–Crippen LogP) is 0.563. The first-order valence-electron chi connectivity index (χ1n) is 9.47. The van der Waals surface area contributed by atoms with Crippen LogP contribution < -0.4 is 10.6 Å². The highest BCUT2D eigenvalue weighted by molar-refractivity contribution is 5.90. The Hall–Kier alpha value is -0.570. The minimum Gasteiger partial charge on any atom is -0.305 e. The smallest absolute Gasteiger partial charge is 0.169 e. The highest BCUT2D eigenvalue weighted by atomic mass is 16.7. The molecular formula is C17H34N4O3. The number of nitrogens with zero attached hydrogens (tertiary/aromatic N) is 2. The first-order chi connectivity index (χ1) is 11.7. The van der Waals surface area contributed by atoms with Crippen molar-refractivity contribution in [3.8, 4) is 0 Å². The second-order valence-electron chi connectivity index (χ2n) is 6.33. The third-order valence-electron chi connectivity index (χ3n) is 4.94. The third-order valence-corrected chi connectivity index (χ3v) is 4.94. The molecule has 7 nitrogen and oxygen atoms in total. The lowest BCUT2D eigenvalue weighted by Gasteiger charge is -2.44.